The number of benzene rings is 2. The molecule has 0 radical (unpaired) electrons. The van der Waals surface area contributed by atoms with Gasteiger partial charge in [-0.2, -0.15) is 0 Å². The van der Waals surface area contributed by atoms with Crippen LogP contribution >= 0.6 is 11.3 Å². The monoisotopic (exact) mass is 365 g/mol. The highest BCUT2D eigenvalue weighted by atomic mass is 32.1. The Kier molecular flexibility index (Phi) is 4.89. The lowest BCUT2D eigenvalue weighted by Gasteiger charge is -2.36. The zero-order chi connectivity index (χ0) is 17.9. The number of aromatic nitrogens is 1. The summed E-state index contributed by atoms with van der Waals surface area (Å²) >= 11 is 1.70. The fourth-order valence-corrected chi connectivity index (χ4v) is 4.48. The predicted octanol–water partition coefficient (Wildman–Crippen LogP) is 3.89. The third-order valence-corrected chi connectivity index (χ3v) is 6.08. The topological polar surface area (TPSA) is 36.4 Å². The summed E-state index contributed by atoms with van der Waals surface area (Å²) in [6.07, 6.45) is 1.28. The van der Waals surface area contributed by atoms with Gasteiger partial charge in [0.25, 0.3) is 0 Å². The van der Waals surface area contributed by atoms with Crippen LogP contribution in [0.3, 0.4) is 0 Å². The molecule has 0 atom stereocenters. The zero-order valence-corrected chi connectivity index (χ0v) is 15.8. The van der Waals surface area contributed by atoms with Crippen molar-refractivity contribution in [3.05, 3.63) is 59.1 Å². The van der Waals surface area contributed by atoms with E-state index in [1.54, 1.807) is 11.3 Å². The Bertz CT molecular complexity index is 879. The molecule has 0 bridgehead atoms. The summed E-state index contributed by atoms with van der Waals surface area (Å²) in [6, 6.07) is 16.6. The van der Waals surface area contributed by atoms with Crippen molar-refractivity contribution in [2.24, 2.45) is 0 Å². The van der Waals surface area contributed by atoms with Crippen LogP contribution in [-0.2, 0) is 11.2 Å². The van der Waals surface area contributed by atoms with Crippen LogP contribution in [0.4, 0.5) is 5.69 Å². The number of nitrogens with zero attached hydrogens (tertiary/aromatic N) is 3. The van der Waals surface area contributed by atoms with Crippen LogP contribution in [0.5, 0.6) is 0 Å². The minimum absolute atomic E-state index is 0.244. The number of para-hydroxylation sites is 2. The highest BCUT2D eigenvalue weighted by Gasteiger charge is 2.22. The van der Waals surface area contributed by atoms with Crippen LogP contribution in [0.2, 0.25) is 0 Å². The van der Waals surface area contributed by atoms with Gasteiger partial charge < -0.3 is 9.80 Å². The van der Waals surface area contributed by atoms with E-state index in [1.165, 1.54) is 16.0 Å². The molecular weight excluding hydrogens is 342 g/mol. The van der Waals surface area contributed by atoms with E-state index in [4.69, 9.17) is 0 Å². The summed E-state index contributed by atoms with van der Waals surface area (Å²) in [7, 11) is 0. The van der Waals surface area contributed by atoms with Crippen LogP contribution in [-0.4, -0.2) is 42.0 Å². The standard InChI is InChI=1S/C21H23N3OS/c1-16-6-2-4-8-18(16)23-12-14-24(15-13-23)21(25)11-10-20-22-17-7-3-5-9-19(17)26-20/h2-9H,10-15H2,1H3. The Balaban J connectivity index is 1.31. The Hall–Kier alpha value is -2.40. The second-order valence-electron chi connectivity index (χ2n) is 6.73. The molecule has 2 aromatic carbocycles. The normalized spacial score (nSPS) is 14.8. The van der Waals surface area contributed by atoms with Crippen LogP contribution in [0, 0.1) is 6.92 Å². The van der Waals surface area contributed by atoms with E-state index in [0.717, 1.165) is 43.1 Å². The Morgan fingerprint density at radius 3 is 2.54 bits per heavy atom. The van der Waals surface area contributed by atoms with Gasteiger partial charge in [0, 0.05) is 44.7 Å². The van der Waals surface area contributed by atoms with Gasteiger partial charge >= 0.3 is 0 Å². The van der Waals surface area contributed by atoms with Gasteiger partial charge in [-0.05, 0) is 30.7 Å². The third-order valence-electron chi connectivity index (χ3n) is 4.98. The minimum Gasteiger partial charge on any atom is -0.368 e. The second-order valence-corrected chi connectivity index (χ2v) is 7.84. The number of hydrogen-bond acceptors (Lipinski definition) is 4. The molecule has 26 heavy (non-hydrogen) atoms. The number of carbonyl (C=O) groups is 1. The lowest BCUT2D eigenvalue weighted by molar-refractivity contribution is -0.131. The molecule has 4 rings (SSSR count). The van der Waals surface area contributed by atoms with Crippen molar-refractivity contribution in [3.8, 4) is 0 Å². The number of piperazine rings is 1. The number of aryl methyl sites for hydroxylation is 2. The molecule has 0 saturated carbocycles. The number of anilines is 1. The van der Waals surface area contributed by atoms with Gasteiger partial charge in [0.1, 0.15) is 0 Å². The van der Waals surface area contributed by atoms with Crippen LogP contribution in [0.1, 0.15) is 17.0 Å². The molecule has 0 spiro atoms. The Morgan fingerprint density at radius 2 is 1.77 bits per heavy atom. The fraction of sp³-hybridized carbons (Fsp3) is 0.333. The first kappa shape index (κ1) is 17.0. The molecule has 1 aliphatic heterocycles. The van der Waals surface area contributed by atoms with Crippen molar-refractivity contribution in [1.82, 2.24) is 9.88 Å². The van der Waals surface area contributed by atoms with Crippen molar-refractivity contribution < 1.29 is 4.79 Å². The van der Waals surface area contributed by atoms with Crippen molar-refractivity contribution in [3.63, 3.8) is 0 Å². The van der Waals surface area contributed by atoms with E-state index in [1.807, 2.05) is 23.1 Å². The summed E-state index contributed by atoms with van der Waals surface area (Å²) in [5.41, 5.74) is 3.61. The van der Waals surface area contributed by atoms with E-state index in [0.29, 0.717) is 6.42 Å². The van der Waals surface area contributed by atoms with Gasteiger partial charge in [-0.3, -0.25) is 4.79 Å². The predicted molar refractivity (Wildman–Crippen MR) is 108 cm³/mol. The number of rotatable bonds is 4. The quantitative estimate of drug-likeness (QED) is 0.704. The Morgan fingerprint density at radius 1 is 1.04 bits per heavy atom. The van der Waals surface area contributed by atoms with E-state index in [-0.39, 0.29) is 5.91 Å². The number of amides is 1. The summed E-state index contributed by atoms with van der Waals surface area (Å²) in [5.74, 6) is 0.244. The maximum absolute atomic E-state index is 12.6. The summed E-state index contributed by atoms with van der Waals surface area (Å²) in [6.45, 7) is 5.54. The van der Waals surface area contributed by atoms with E-state index in [9.17, 15) is 4.79 Å². The first-order valence-electron chi connectivity index (χ1n) is 9.13. The molecule has 2 heterocycles. The fourth-order valence-electron chi connectivity index (χ4n) is 3.51. The second kappa shape index (κ2) is 7.46. The van der Waals surface area contributed by atoms with E-state index in [2.05, 4.69) is 47.1 Å². The minimum atomic E-state index is 0.244. The van der Waals surface area contributed by atoms with Crippen molar-refractivity contribution in [1.29, 1.82) is 0 Å². The summed E-state index contributed by atoms with van der Waals surface area (Å²) < 4.78 is 1.20. The van der Waals surface area contributed by atoms with E-state index < -0.39 is 0 Å². The lowest BCUT2D eigenvalue weighted by Crippen LogP contribution is -2.49. The molecule has 0 N–H and O–H groups in total. The average molecular weight is 366 g/mol. The lowest BCUT2D eigenvalue weighted by atomic mass is 10.1. The number of hydrogen-bond donors (Lipinski definition) is 0. The molecule has 1 saturated heterocycles. The van der Waals surface area contributed by atoms with Crippen molar-refractivity contribution in [2.75, 3.05) is 31.1 Å². The molecule has 0 aliphatic carbocycles. The molecule has 0 unspecified atom stereocenters. The molecular formula is C21H23N3OS. The molecule has 5 heteroatoms. The summed E-state index contributed by atoms with van der Waals surface area (Å²) in [5, 5.41) is 1.05. The highest BCUT2D eigenvalue weighted by Crippen LogP contribution is 2.23. The van der Waals surface area contributed by atoms with Crippen LogP contribution in [0.25, 0.3) is 10.2 Å². The highest BCUT2D eigenvalue weighted by molar-refractivity contribution is 7.18. The van der Waals surface area contributed by atoms with Crippen molar-refractivity contribution in [2.45, 2.75) is 19.8 Å². The van der Waals surface area contributed by atoms with E-state index >= 15 is 0 Å². The molecule has 1 aromatic heterocycles. The zero-order valence-electron chi connectivity index (χ0n) is 15.0. The maximum atomic E-state index is 12.6. The molecule has 3 aromatic rings. The average Bonchev–Trinajstić information content (AvgIpc) is 3.10. The third kappa shape index (κ3) is 3.58. The SMILES string of the molecule is Cc1ccccc1N1CCN(C(=O)CCc2nc3ccccc3s2)CC1. The van der Waals surface area contributed by atoms with Gasteiger partial charge in [0.15, 0.2) is 0 Å². The van der Waals surface area contributed by atoms with Gasteiger partial charge in [-0.1, -0.05) is 30.3 Å². The molecule has 1 aliphatic rings. The number of thiazole rings is 1. The summed E-state index contributed by atoms with van der Waals surface area (Å²) in [4.78, 5) is 21.6. The largest absolute Gasteiger partial charge is 0.368 e. The first-order valence-corrected chi connectivity index (χ1v) is 9.95. The first-order chi connectivity index (χ1) is 12.7. The molecule has 1 fully saturated rings. The van der Waals surface area contributed by atoms with Gasteiger partial charge in [0.2, 0.25) is 5.91 Å². The smallest absolute Gasteiger partial charge is 0.223 e. The number of carbonyl (C=O) groups excluding carboxylic acids is 1. The van der Waals surface area contributed by atoms with Crippen LogP contribution < -0.4 is 4.90 Å². The van der Waals surface area contributed by atoms with Crippen molar-refractivity contribution >= 4 is 33.1 Å². The maximum Gasteiger partial charge on any atom is 0.223 e. The van der Waals surface area contributed by atoms with Gasteiger partial charge in [-0.25, -0.2) is 4.98 Å². The van der Waals surface area contributed by atoms with Gasteiger partial charge in [-0.15, -0.1) is 11.3 Å². The molecule has 134 valence electrons. The van der Waals surface area contributed by atoms with Crippen LogP contribution in [0.15, 0.2) is 48.5 Å². The Labute approximate surface area is 158 Å². The number of fused-ring (bicyclic) bond motifs is 1. The molecule has 4 nitrogen and oxygen atoms in total. The molecule has 1 amide bonds. The van der Waals surface area contributed by atoms with Gasteiger partial charge in [0.05, 0.1) is 15.2 Å².